The zero-order valence-corrected chi connectivity index (χ0v) is 15.8. The highest BCUT2D eigenvalue weighted by molar-refractivity contribution is 7.85. The standard InChI is InChI=1S/C17H32N2O3S/c1-5-17(6-2)14(12-15(17)22-7-3)18-16(20)19(4)13-8-10-23(21)11-9-13/h13-15H,5-12H2,1-4H3,(H,18,20). The van der Waals surface area contributed by atoms with Crippen molar-refractivity contribution in [2.75, 3.05) is 25.2 Å². The third-order valence-corrected chi connectivity index (χ3v) is 7.37. The molecule has 1 saturated heterocycles. The molecule has 0 aromatic rings. The minimum Gasteiger partial charge on any atom is -0.378 e. The van der Waals surface area contributed by atoms with E-state index in [1.807, 2.05) is 18.9 Å². The lowest BCUT2D eigenvalue weighted by Crippen LogP contribution is -2.66. The Bertz CT molecular complexity index is 430. The minimum atomic E-state index is -0.689. The first-order valence-corrected chi connectivity index (χ1v) is 10.5. The molecule has 0 aromatic carbocycles. The fraction of sp³-hybridized carbons (Fsp3) is 0.941. The number of nitrogens with zero attached hydrogens (tertiary/aromatic N) is 1. The third-order valence-electron chi connectivity index (χ3n) is 5.99. The Morgan fingerprint density at radius 3 is 2.39 bits per heavy atom. The Morgan fingerprint density at radius 1 is 1.26 bits per heavy atom. The molecule has 2 fully saturated rings. The van der Waals surface area contributed by atoms with Gasteiger partial charge in [-0.3, -0.25) is 4.21 Å². The van der Waals surface area contributed by atoms with Crippen molar-refractivity contribution in [2.24, 2.45) is 5.41 Å². The Balaban J connectivity index is 1.93. The number of carbonyl (C=O) groups excluding carboxylic acids is 1. The maximum atomic E-state index is 12.6. The van der Waals surface area contributed by atoms with E-state index in [0.29, 0.717) is 11.5 Å². The monoisotopic (exact) mass is 344 g/mol. The average molecular weight is 345 g/mol. The van der Waals surface area contributed by atoms with Gasteiger partial charge in [0.15, 0.2) is 0 Å². The second-order valence-corrected chi connectivity index (χ2v) is 8.51. The molecule has 23 heavy (non-hydrogen) atoms. The van der Waals surface area contributed by atoms with Crippen molar-refractivity contribution < 1.29 is 13.7 Å². The Hall–Kier alpha value is -0.620. The van der Waals surface area contributed by atoms with E-state index in [2.05, 4.69) is 19.2 Å². The van der Waals surface area contributed by atoms with Gasteiger partial charge in [0.25, 0.3) is 0 Å². The highest BCUT2D eigenvalue weighted by Gasteiger charge is 2.54. The molecule has 2 amide bonds. The maximum Gasteiger partial charge on any atom is 0.317 e. The zero-order valence-electron chi connectivity index (χ0n) is 15.0. The van der Waals surface area contributed by atoms with Crippen LogP contribution in [0.3, 0.4) is 0 Å². The van der Waals surface area contributed by atoms with Crippen molar-refractivity contribution in [1.29, 1.82) is 0 Å². The third kappa shape index (κ3) is 3.73. The van der Waals surface area contributed by atoms with Gasteiger partial charge in [0.1, 0.15) is 0 Å². The highest BCUT2D eigenvalue weighted by Crippen LogP contribution is 2.48. The molecule has 0 radical (unpaired) electrons. The number of nitrogens with one attached hydrogen (secondary N) is 1. The van der Waals surface area contributed by atoms with E-state index in [1.165, 1.54) is 0 Å². The normalized spacial score (nSPS) is 32.9. The largest absolute Gasteiger partial charge is 0.378 e. The van der Waals surface area contributed by atoms with Gasteiger partial charge in [-0.2, -0.15) is 0 Å². The second-order valence-electron chi connectivity index (χ2n) is 6.81. The Morgan fingerprint density at radius 2 is 1.87 bits per heavy atom. The first kappa shape index (κ1) is 18.7. The quantitative estimate of drug-likeness (QED) is 0.805. The second kappa shape index (κ2) is 7.97. The van der Waals surface area contributed by atoms with Crippen molar-refractivity contribution in [1.82, 2.24) is 10.2 Å². The molecule has 2 unspecified atom stereocenters. The molecule has 2 atom stereocenters. The molecule has 2 rings (SSSR count). The highest BCUT2D eigenvalue weighted by atomic mass is 32.2. The van der Waals surface area contributed by atoms with Crippen molar-refractivity contribution >= 4 is 16.8 Å². The van der Waals surface area contributed by atoms with Crippen LogP contribution in [0.5, 0.6) is 0 Å². The number of ether oxygens (including phenoxy) is 1. The fourth-order valence-corrected chi connectivity index (χ4v) is 5.44. The summed E-state index contributed by atoms with van der Waals surface area (Å²) in [6.07, 6.45) is 4.89. The summed E-state index contributed by atoms with van der Waals surface area (Å²) in [6, 6.07) is 0.420. The predicted octanol–water partition coefficient (Wildman–Crippen LogP) is 2.52. The molecular weight excluding hydrogens is 312 g/mol. The lowest BCUT2D eigenvalue weighted by atomic mass is 9.58. The van der Waals surface area contributed by atoms with Gasteiger partial charge in [-0.05, 0) is 39.0 Å². The summed E-state index contributed by atoms with van der Waals surface area (Å²) in [5, 5.41) is 3.24. The zero-order chi connectivity index (χ0) is 17.0. The predicted molar refractivity (Wildman–Crippen MR) is 94.0 cm³/mol. The molecule has 134 valence electrons. The van der Waals surface area contributed by atoms with Gasteiger partial charge in [0.05, 0.1) is 6.10 Å². The molecule has 0 bridgehead atoms. The van der Waals surface area contributed by atoms with E-state index >= 15 is 0 Å². The Labute approximate surface area is 143 Å². The number of carbonyl (C=O) groups is 1. The molecule has 1 aliphatic heterocycles. The van der Waals surface area contributed by atoms with Crippen LogP contribution >= 0.6 is 0 Å². The smallest absolute Gasteiger partial charge is 0.317 e. The van der Waals surface area contributed by atoms with Crippen molar-refractivity contribution in [2.45, 2.75) is 71.1 Å². The van der Waals surface area contributed by atoms with E-state index in [-0.39, 0.29) is 29.6 Å². The van der Waals surface area contributed by atoms with Gasteiger partial charge >= 0.3 is 6.03 Å². The van der Waals surface area contributed by atoms with Crippen molar-refractivity contribution in [3.8, 4) is 0 Å². The topological polar surface area (TPSA) is 58.6 Å². The van der Waals surface area contributed by atoms with Crippen LogP contribution in [0, 0.1) is 5.41 Å². The van der Waals surface area contributed by atoms with Gasteiger partial charge in [-0.1, -0.05) is 13.8 Å². The number of hydrogen-bond donors (Lipinski definition) is 1. The van der Waals surface area contributed by atoms with Crippen LogP contribution in [-0.4, -0.2) is 58.5 Å². The van der Waals surface area contributed by atoms with Crippen LogP contribution in [0.4, 0.5) is 4.79 Å². The maximum absolute atomic E-state index is 12.6. The summed E-state index contributed by atoms with van der Waals surface area (Å²) < 4.78 is 17.4. The summed E-state index contributed by atoms with van der Waals surface area (Å²) in [5.41, 5.74) is 0.0700. The number of urea groups is 1. The van der Waals surface area contributed by atoms with Crippen molar-refractivity contribution in [3.63, 3.8) is 0 Å². The Kier molecular flexibility index (Phi) is 6.48. The van der Waals surface area contributed by atoms with E-state index in [9.17, 15) is 9.00 Å². The van der Waals surface area contributed by atoms with Gasteiger partial charge < -0.3 is 15.0 Å². The number of rotatable bonds is 6. The minimum absolute atomic E-state index is 0.00825. The van der Waals surface area contributed by atoms with E-state index in [1.54, 1.807) is 0 Å². The molecule has 0 aromatic heterocycles. The van der Waals surface area contributed by atoms with Gasteiger partial charge in [0.2, 0.25) is 0 Å². The summed E-state index contributed by atoms with van der Waals surface area (Å²) in [5.74, 6) is 1.43. The summed E-state index contributed by atoms with van der Waals surface area (Å²) in [7, 11) is 1.18. The lowest BCUT2D eigenvalue weighted by molar-refractivity contribution is -0.134. The SMILES string of the molecule is CCOC1CC(NC(=O)N(C)C2CCS(=O)CC2)C1(CC)CC. The number of hydrogen-bond acceptors (Lipinski definition) is 3. The van der Waals surface area contributed by atoms with Gasteiger partial charge in [-0.25, -0.2) is 4.79 Å². The summed E-state index contributed by atoms with van der Waals surface area (Å²) in [6.45, 7) is 7.14. The first-order valence-electron chi connectivity index (χ1n) is 8.98. The molecular formula is C17H32N2O3S. The van der Waals surface area contributed by atoms with E-state index in [4.69, 9.17) is 4.74 Å². The molecule has 0 spiro atoms. The van der Waals surface area contributed by atoms with Crippen LogP contribution in [0.1, 0.15) is 52.9 Å². The lowest BCUT2D eigenvalue weighted by Gasteiger charge is -2.55. The van der Waals surface area contributed by atoms with Crippen LogP contribution in [-0.2, 0) is 15.5 Å². The average Bonchev–Trinajstić information content (AvgIpc) is 2.55. The molecule has 1 saturated carbocycles. The number of amides is 2. The van der Waals surface area contributed by atoms with Gasteiger partial charge in [-0.15, -0.1) is 0 Å². The summed E-state index contributed by atoms with van der Waals surface area (Å²) >= 11 is 0. The molecule has 1 heterocycles. The van der Waals surface area contributed by atoms with Crippen molar-refractivity contribution in [3.05, 3.63) is 0 Å². The molecule has 1 aliphatic carbocycles. The molecule has 6 heteroatoms. The van der Waals surface area contributed by atoms with Crippen LogP contribution in [0.2, 0.25) is 0 Å². The molecule has 5 nitrogen and oxygen atoms in total. The van der Waals surface area contributed by atoms with Crippen LogP contribution in [0.25, 0.3) is 0 Å². The summed E-state index contributed by atoms with van der Waals surface area (Å²) in [4.78, 5) is 14.4. The van der Waals surface area contributed by atoms with E-state index in [0.717, 1.165) is 38.7 Å². The van der Waals surface area contributed by atoms with Crippen LogP contribution in [0.15, 0.2) is 0 Å². The van der Waals surface area contributed by atoms with Gasteiger partial charge in [0, 0.05) is 53.5 Å². The molecule has 1 N–H and O–H groups in total. The fourth-order valence-electron chi connectivity index (χ4n) is 4.17. The van der Waals surface area contributed by atoms with Crippen LogP contribution < -0.4 is 5.32 Å². The first-order chi connectivity index (χ1) is 11.0. The molecule has 2 aliphatic rings. The van der Waals surface area contributed by atoms with E-state index < -0.39 is 10.8 Å².